The molecular formula is C26H18FN3OS. The predicted molar refractivity (Wildman–Crippen MR) is 125 cm³/mol. The maximum atomic E-state index is 13.2. The summed E-state index contributed by atoms with van der Waals surface area (Å²) in [6, 6.07) is 20.8. The number of imidazole rings is 1. The molecule has 0 spiro atoms. The summed E-state index contributed by atoms with van der Waals surface area (Å²) in [6.45, 7) is 0. The first-order valence-corrected chi connectivity index (χ1v) is 11.2. The Bertz CT molecular complexity index is 1480. The number of nitrogens with zero attached hydrogens (tertiary/aromatic N) is 2. The third-order valence-corrected chi connectivity index (χ3v) is 6.73. The van der Waals surface area contributed by atoms with Crippen molar-refractivity contribution < 1.29 is 9.18 Å². The van der Waals surface area contributed by atoms with Crippen LogP contribution in [0.2, 0.25) is 0 Å². The number of hydrogen-bond acceptors (Lipinski definition) is 3. The van der Waals surface area contributed by atoms with Gasteiger partial charge in [-0.05, 0) is 65.1 Å². The van der Waals surface area contributed by atoms with Crippen molar-refractivity contribution >= 4 is 27.9 Å². The summed E-state index contributed by atoms with van der Waals surface area (Å²) in [5.74, 6) is -0.347. The van der Waals surface area contributed by atoms with Crippen molar-refractivity contribution in [1.29, 1.82) is 0 Å². The van der Waals surface area contributed by atoms with Crippen LogP contribution >= 0.6 is 11.3 Å². The standard InChI is InChI=1S/C26H18FN3OS/c27-19-7-5-16(6-8-19)24-14-30-21(15-32-26(30)29-24)13-25(31)28-20-9-10-23-18(12-20)11-17-3-1-2-4-22(17)23/h1-10,12,14-15H,11,13H2,(H,28,31). The van der Waals surface area contributed by atoms with Crippen LogP contribution in [-0.2, 0) is 17.6 Å². The van der Waals surface area contributed by atoms with Gasteiger partial charge in [0.05, 0.1) is 12.1 Å². The molecule has 0 atom stereocenters. The van der Waals surface area contributed by atoms with Gasteiger partial charge < -0.3 is 5.32 Å². The van der Waals surface area contributed by atoms with Crippen LogP contribution in [-0.4, -0.2) is 15.3 Å². The van der Waals surface area contributed by atoms with Gasteiger partial charge in [-0.3, -0.25) is 9.20 Å². The molecule has 1 aliphatic carbocycles. The Kier molecular flexibility index (Phi) is 4.40. The zero-order valence-electron chi connectivity index (χ0n) is 17.0. The molecule has 0 saturated carbocycles. The minimum atomic E-state index is -0.275. The van der Waals surface area contributed by atoms with Crippen molar-refractivity contribution in [1.82, 2.24) is 9.38 Å². The Balaban J connectivity index is 1.20. The van der Waals surface area contributed by atoms with Gasteiger partial charge in [-0.1, -0.05) is 30.3 Å². The van der Waals surface area contributed by atoms with E-state index >= 15 is 0 Å². The van der Waals surface area contributed by atoms with Gasteiger partial charge in [0.15, 0.2) is 4.96 Å². The first-order chi connectivity index (χ1) is 15.6. The van der Waals surface area contributed by atoms with Crippen LogP contribution in [0.1, 0.15) is 16.8 Å². The van der Waals surface area contributed by atoms with E-state index in [0.29, 0.717) is 0 Å². The van der Waals surface area contributed by atoms with Gasteiger partial charge in [0.25, 0.3) is 0 Å². The molecule has 1 amide bonds. The highest BCUT2D eigenvalue weighted by Crippen LogP contribution is 2.37. The molecule has 0 unspecified atom stereocenters. The summed E-state index contributed by atoms with van der Waals surface area (Å²) in [5, 5.41) is 4.99. The minimum Gasteiger partial charge on any atom is -0.326 e. The molecule has 3 aromatic carbocycles. The Labute approximate surface area is 188 Å². The number of carbonyl (C=O) groups excluding carboxylic acids is 1. The molecule has 4 nitrogen and oxygen atoms in total. The van der Waals surface area contributed by atoms with Crippen molar-refractivity contribution in [2.24, 2.45) is 0 Å². The average molecular weight is 440 g/mol. The molecule has 32 heavy (non-hydrogen) atoms. The monoisotopic (exact) mass is 439 g/mol. The van der Waals surface area contributed by atoms with E-state index in [0.717, 1.165) is 34.0 Å². The number of thiazole rings is 1. The third-order valence-electron chi connectivity index (χ3n) is 5.84. The molecule has 6 heteroatoms. The SMILES string of the molecule is O=C(Cc1csc2nc(-c3ccc(F)cc3)cn12)Nc1ccc2c(c1)Cc1ccccc1-2. The van der Waals surface area contributed by atoms with Gasteiger partial charge in [-0.2, -0.15) is 0 Å². The summed E-state index contributed by atoms with van der Waals surface area (Å²) < 4.78 is 15.1. The summed E-state index contributed by atoms with van der Waals surface area (Å²) in [5.41, 5.74) is 8.36. The summed E-state index contributed by atoms with van der Waals surface area (Å²) in [4.78, 5) is 18.2. The van der Waals surface area contributed by atoms with Crippen molar-refractivity contribution in [3.05, 3.63) is 101 Å². The summed E-state index contributed by atoms with van der Waals surface area (Å²) in [6.07, 6.45) is 3.03. The largest absolute Gasteiger partial charge is 0.326 e. The fourth-order valence-electron chi connectivity index (χ4n) is 4.31. The van der Waals surface area contributed by atoms with E-state index in [-0.39, 0.29) is 18.1 Å². The van der Waals surface area contributed by atoms with Crippen molar-refractivity contribution in [2.45, 2.75) is 12.8 Å². The number of amides is 1. The first-order valence-electron chi connectivity index (χ1n) is 10.4. The molecule has 0 radical (unpaired) electrons. The second-order valence-corrected chi connectivity index (χ2v) is 8.78. The Morgan fingerprint density at radius 2 is 1.84 bits per heavy atom. The third kappa shape index (κ3) is 3.29. The van der Waals surface area contributed by atoms with Gasteiger partial charge in [0.2, 0.25) is 5.91 Å². The number of fused-ring (bicyclic) bond motifs is 4. The van der Waals surface area contributed by atoms with Gasteiger partial charge in [0.1, 0.15) is 5.82 Å². The number of nitrogens with one attached hydrogen (secondary N) is 1. The van der Waals surface area contributed by atoms with Crippen LogP contribution in [0.3, 0.4) is 0 Å². The van der Waals surface area contributed by atoms with Crippen LogP contribution in [0.25, 0.3) is 27.3 Å². The molecule has 0 aliphatic heterocycles. The second-order valence-electron chi connectivity index (χ2n) is 7.94. The zero-order valence-corrected chi connectivity index (χ0v) is 17.8. The zero-order chi connectivity index (χ0) is 21.7. The highest BCUT2D eigenvalue weighted by molar-refractivity contribution is 7.15. The normalized spacial score (nSPS) is 12.0. The minimum absolute atomic E-state index is 0.0720. The maximum Gasteiger partial charge on any atom is 0.230 e. The number of aromatic nitrogens is 2. The van der Waals surface area contributed by atoms with E-state index in [4.69, 9.17) is 0 Å². The molecule has 5 aromatic rings. The Morgan fingerprint density at radius 1 is 1.03 bits per heavy atom. The van der Waals surface area contributed by atoms with Gasteiger partial charge in [-0.25, -0.2) is 9.37 Å². The van der Waals surface area contributed by atoms with Gasteiger partial charge in [-0.15, -0.1) is 11.3 Å². The molecule has 6 rings (SSSR count). The van der Waals surface area contributed by atoms with Crippen LogP contribution in [0.5, 0.6) is 0 Å². The van der Waals surface area contributed by atoms with E-state index < -0.39 is 0 Å². The molecule has 0 saturated heterocycles. The molecule has 0 bridgehead atoms. The van der Waals surface area contributed by atoms with Crippen LogP contribution in [0, 0.1) is 5.82 Å². The quantitative estimate of drug-likeness (QED) is 0.369. The molecule has 0 fully saturated rings. The molecule has 1 N–H and O–H groups in total. The van der Waals surface area contributed by atoms with Gasteiger partial charge >= 0.3 is 0 Å². The van der Waals surface area contributed by atoms with Crippen LogP contribution in [0.15, 0.2) is 78.3 Å². The molecule has 156 valence electrons. The second kappa shape index (κ2) is 7.43. The van der Waals surface area contributed by atoms with E-state index in [1.807, 2.05) is 22.0 Å². The van der Waals surface area contributed by atoms with E-state index in [1.54, 1.807) is 12.1 Å². The average Bonchev–Trinajstić information content (AvgIpc) is 3.47. The highest BCUT2D eigenvalue weighted by Gasteiger charge is 2.19. The Morgan fingerprint density at radius 3 is 2.72 bits per heavy atom. The lowest BCUT2D eigenvalue weighted by Crippen LogP contribution is -2.15. The number of benzene rings is 3. The molecule has 2 aromatic heterocycles. The first kappa shape index (κ1) is 19.0. The number of hydrogen-bond donors (Lipinski definition) is 1. The van der Waals surface area contributed by atoms with Crippen LogP contribution in [0.4, 0.5) is 10.1 Å². The van der Waals surface area contributed by atoms with E-state index in [1.165, 1.54) is 45.7 Å². The summed E-state index contributed by atoms with van der Waals surface area (Å²) in [7, 11) is 0. The fourth-order valence-corrected chi connectivity index (χ4v) is 5.18. The number of rotatable bonds is 4. The lowest BCUT2D eigenvalue weighted by atomic mass is 10.1. The number of halogens is 1. The number of carbonyl (C=O) groups is 1. The van der Waals surface area contributed by atoms with Crippen molar-refractivity contribution in [3.8, 4) is 22.4 Å². The van der Waals surface area contributed by atoms with Crippen molar-refractivity contribution in [2.75, 3.05) is 5.32 Å². The molecule has 1 aliphatic rings. The Hall–Kier alpha value is -3.77. The number of anilines is 1. The highest BCUT2D eigenvalue weighted by atomic mass is 32.1. The topological polar surface area (TPSA) is 46.4 Å². The lowest BCUT2D eigenvalue weighted by Gasteiger charge is -2.08. The van der Waals surface area contributed by atoms with Crippen molar-refractivity contribution in [3.63, 3.8) is 0 Å². The van der Waals surface area contributed by atoms with Crippen LogP contribution < -0.4 is 5.32 Å². The van der Waals surface area contributed by atoms with E-state index in [9.17, 15) is 9.18 Å². The predicted octanol–water partition coefficient (Wildman–Crippen LogP) is 5.95. The lowest BCUT2D eigenvalue weighted by molar-refractivity contribution is -0.115. The smallest absolute Gasteiger partial charge is 0.230 e. The summed E-state index contributed by atoms with van der Waals surface area (Å²) >= 11 is 1.49. The van der Waals surface area contributed by atoms with E-state index in [2.05, 4.69) is 46.7 Å². The molecular weight excluding hydrogens is 421 g/mol. The van der Waals surface area contributed by atoms with Gasteiger partial charge in [0, 0.05) is 28.5 Å². The maximum absolute atomic E-state index is 13.2. The molecule has 2 heterocycles. The fraction of sp³-hybridized carbons (Fsp3) is 0.0769.